The van der Waals surface area contributed by atoms with E-state index in [2.05, 4.69) is 454 Å². The maximum atomic E-state index is 2.74. The average molecular weight is 1670 g/mol. The van der Waals surface area contributed by atoms with Gasteiger partial charge in [0, 0.05) is 136 Å². The number of benzene rings is 19. The topological polar surface area (TPSA) is 19.4 Å². The lowest BCUT2D eigenvalue weighted by Gasteiger charge is -2.48. The van der Waals surface area contributed by atoms with E-state index in [1.165, 1.54) is 113 Å². The molecule has 19 aromatic carbocycles. The van der Waals surface area contributed by atoms with Crippen LogP contribution in [0.3, 0.4) is 0 Å². The van der Waals surface area contributed by atoms with E-state index in [1.807, 2.05) is 45.3 Å². The van der Waals surface area contributed by atoms with Crippen LogP contribution in [-0.2, 0) is 0 Å². The molecule has 0 radical (unpaired) electrons. The molecule has 27 rings (SSSR count). The molecule has 0 amide bonds. The molecule has 0 N–H and O–H groups in total. The van der Waals surface area contributed by atoms with Crippen LogP contribution in [0.1, 0.15) is 0 Å². The van der Waals surface area contributed by atoms with Crippen molar-refractivity contribution < 1.29 is 0 Å². The zero-order valence-corrected chi connectivity index (χ0v) is 71.2. The highest BCUT2D eigenvalue weighted by molar-refractivity contribution is 7.28. The molecule has 0 saturated carbocycles. The first kappa shape index (κ1) is 71.6. The van der Waals surface area contributed by atoms with Gasteiger partial charge in [0.25, 0.3) is 13.4 Å². The minimum atomic E-state index is -0.330. The van der Waals surface area contributed by atoms with Gasteiger partial charge in [0.05, 0.1) is 58.6 Å². The van der Waals surface area contributed by atoms with Gasteiger partial charge in [-0.2, -0.15) is 0 Å². The van der Waals surface area contributed by atoms with Crippen molar-refractivity contribution >= 4 is 275 Å². The summed E-state index contributed by atoms with van der Waals surface area (Å²) in [5.41, 5.74) is 31.7. The normalized spacial score (nSPS) is 13.0. The van der Waals surface area contributed by atoms with Crippen molar-refractivity contribution in [2.45, 2.75) is 0 Å². The van der Waals surface area contributed by atoms with E-state index in [0.717, 1.165) is 125 Å². The minimum Gasteiger partial charge on any atom is -0.310 e. The Morgan fingerprint density at radius 2 is 0.492 bits per heavy atom. The van der Waals surface area contributed by atoms with Crippen molar-refractivity contribution in [1.29, 1.82) is 0 Å². The highest BCUT2D eigenvalue weighted by Gasteiger charge is 2.50. The van der Waals surface area contributed by atoms with Crippen LogP contribution in [0.5, 0.6) is 0 Å². The molecule has 0 unspecified atom stereocenters. The number of hydrogen-bond acceptors (Lipinski definition) is 10. The molecular formula is C114H70B2N6S4. The fourth-order valence-corrected chi connectivity index (χ4v) is 26.2. The van der Waals surface area contributed by atoms with Crippen molar-refractivity contribution in [2.24, 2.45) is 0 Å². The molecule has 586 valence electrons. The maximum absolute atomic E-state index is 2.74. The van der Waals surface area contributed by atoms with Crippen molar-refractivity contribution in [3.63, 3.8) is 0 Å². The van der Waals surface area contributed by atoms with E-state index in [1.54, 1.807) is 0 Å². The number of anilines is 18. The second kappa shape index (κ2) is 28.3. The Hall–Kier alpha value is -15.0. The standard InChI is InChI=1S/C114H70B2N6S4/c1-6-33-71(34-7-1)78-47-28-48-79(72-35-8-2-9-36-72)110(78)122-93-56-23-21-54-89(93)116-91-69-90-98(70-99(91)121(97-60-32-52-87-83-46-19-27-64-107(83)126-114(87)97)102-67-77(68-103(122)109(102)116)118(75-41-14-5-15-42-75)94-57-29-49-84-80-43-16-24-61-104(80)123-111(84)94)120(96-59-31-51-86-82-45-18-26-63-106(82)125-113(86)96)101-66-76(117(73-37-10-3-11-38-73)74-39-12-4-13-40-74)65-100-108(101)115(90)88-53-20-22-55-92(88)119(100)95-58-30-50-85-81-44-17-25-62-105(81)124-112(85)95/h1-70H. The van der Waals surface area contributed by atoms with Gasteiger partial charge in [0.1, 0.15) is 0 Å². The van der Waals surface area contributed by atoms with E-state index in [4.69, 9.17) is 0 Å². The molecule has 4 aromatic heterocycles. The molecule has 0 spiro atoms. The fourth-order valence-electron chi connectivity index (χ4n) is 21.4. The Kier molecular flexibility index (Phi) is 16.1. The fraction of sp³-hybridized carbons (Fsp3) is 0. The molecule has 0 bridgehead atoms. The average Bonchev–Trinajstić information content (AvgIpc) is 0.768. The summed E-state index contributed by atoms with van der Waals surface area (Å²) in [6.45, 7) is -0.623. The molecule has 8 heterocycles. The summed E-state index contributed by atoms with van der Waals surface area (Å²) < 4.78 is 9.91. The smallest absolute Gasteiger partial charge is 0.252 e. The zero-order chi connectivity index (χ0) is 82.3. The molecule has 12 heteroatoms. The van der Waals surface area contributed by atoms with Crippen LogP contribution in [0.2, 0.25) is 0 Å². The third-order valence-corrected chi connectivity index (χ3v) is 31.4. The van der Waals surface area contributed by atoms with Crippen LogP contribution in [0.4, 0.5) is 102 Å². The van der Waals surface area contributed by atoms with E-state index in [0.29, 0.717) is 0 Å². The van der Waals surface area contributed by atoms with Crippen molar-refractivity contribution in [2.75, 3.05) is 29.4 Å². The summed E-state index contributed by atoms with van der Waals surface area (Å²) in [5.74, 6) is 0. The van der Waals surface area contributed by atoms with E-state index in [9.17, 15) is 0 Å². The van der Waals surface area contributed by atoms with Gasteiger partial charge in [-0.25, -0.2) is 0 Å². The summed E-state index contributed by atoms with van der Waals surface area (Å²) in [6.07, 6.45) is 0. The molecule has 126 heavy (non-hydrogen) atoms. The predicted octanol–water partition coefficient (Wildman–Crippen LogP) is 29.6. The number of hydrogen-bond donors (Lipinski definition) is 0. The summed E-state index contributed by atoms with van der Waals surface area (Å²) in [6, 6.07) is 161. The number of para-hydroxylation sites is 6. The number of nitrogens with zero attached hydrogens (tertiary/aromatic N) is 6. The van der Waals surface area contributed by atoms with Gasteiger partial charge in [-0.3, -0.25) is 0 Å². The zero-order valence-electron chi connectivity index (χ0n) is 67.9. The second-order valence-corrected chi connectivity index (χ2v) is 37.4. The van der Waals surface area contributed by atoms with Gasteiger partial charge in [-0.05, 0) is 171 Å². The molecule has 4 aliphatic heterocycles. The third kappa shape index (κ3) is 10.7. The maximum Gasteiger partial charge on any atom is 0.252 e. The Morgan fingerprint density at radius 1 is 0.190 bits per heavy atom. The Balaban J connectivity index is 0.817. The SMILES string of the molecule is c1ccc(-c2cccc(-c3ccccc3)c2N2c3ccccc3B3c4cc5c(cc4N(c4cccc6c4sc4ccccc46)c4cc(N(c6ccccc6)c6cccc7c6sc6ccccc67)cc2c43)N(c2cccc3c2sc2ccccc23)c2cc(N(c3ccccc3)c3ccccc3)cc3c2B5c2ccccc2N3c2cccc3c2sc2ccccc23)cc1. The summed E-state index contributed by atoms with van der Waals surface area (Å²) in [5, 5.41) is 9.94. The Bertz CT molecular complexity index is 8340. The van der Waals surface area contributed by atoms with Gasteiger partial charge in [-0.1, -0.05) is 297 Å². The van der Waals surface area contributed by atoms with E-state index >= 15 is 0 Å². The minimum absolute atomic E-state index is 0.293. The summed E-state index contributed by atoms with van der Waals surface area (Å²) in [7, 11) is 0. The van der Waals surface area contributed by atoms with Crippen molar-refractivity contribution in [1.82, 2.24) is 0 Å². The first-order chi connectivity index (χ1) is 62.6. The molecule has 0 atom stereocenters. The highest BCUT2D eigenvalue weighted by Crippen LogP contribution is 2.59. The first-order valence-electron chi connectivity index (χ1n) is 43.1. The molecule has 6 nitrogen and oxygen atoms in total. The first-order valence-corrected chi connectivity index (χ1v) is 46.4. The van der Waals surface area contributed by atoms with Crippen LogP contribution in [0, 0.1) is 0 Å². The van der Waals surface area contributed by atoms with Gasteiger partial charge in [0.15, 0.2) is 0 Å². The van der Waals surface area contributed by atoms with Crippen LogP contribution < -0.4 is 62.2 Å². The van der Waals surface area contributed by atoms with Gasteiger partial charge >= 0.3 is 0 Å². The van der Waals surface area contributed by atoms with Crippen molar-refractivity contribution in [3.8, 4) is 22.3 Å². The van der Waals surface area contributed by atoms with Crippen LogP contribution >= 0.6 is 45.3 Å². The van der Waals surface area contributed by atoms with E-state index < -0.39 is 0 Å². The lowest BCUT2D eigenvalue weighted by molar-refractivity contribution is 1.22. The third-order valence-electron chi connectivity index (χ3n) is 26.5. The number of rotatable bonds is 12. The molecule has 0 fully saturated rings. The van der Waals surface area contributed by atoms with Gasteiger partial charge < -0.3 is 29.4 Å². The van der Waals surface area contributed by atoms with Crippen LogP contribution in [0.25, 0.3) is 103 Å². The van der Waals surface area contributed by atoms with Crippen LogP contribution in [-0.4, -0.2) is 13.4 Å². The number of fused-ring (bicyclic) bond motifs is 20. The lowest BCUT2D eigenvalue weighted by Crippen LogP contribution is -2.65. The summed E-state index contributed by atoms with van der Waals surface area (Å²) in [4.78, 5) is 15.9. The molecular weight excluding hydrogens is 1600 g/mol. The Morgan fingerprint density at radius 3 is 0.921 bits per heavy atom. The lowest BCUT2D eigenvalue weighted by atomic mass is 9.30. The monoisotopic (exact) mass is 1670 g/mol. The molecule has 23 aromatic rings. The molecule has 0 saturated heterocycles. The Labute approximate surface area is 744 Å². The highest BCUT2D eigenvalue weighted by atomic mass is 32.1. The molecule has 0 aliphatic carbocycles. The van der Waals surface area contributed by atoms with Crippen molar-refractivity contribution in [3.05, 3.63) is 425 Å². The van der Waals surface area contributed by atoms with Gasteiger partial charge in [-0.15, -0.1) is 45.3 Å². The van der Waals surface area contributed by atoms with Gasteiger partial charge in [0.2, 0.25) is 0 Å². The van der Waals surface area contributed by atoms with Crippen LogP contribution in [0.15, 0.2) is 425 Å². The largest absolute Gasteiger partial charge is 0.310 e. The number of thiophene rings is 4. The summed E-state index contributed by atoms with van der Waals surface area (Å²) >= 11 is 7.56. The second-order valence-electron chi connectivity index (χ2n) is 33.2. The van der Waals surface area contributed by atoms with E-state index in [-0.39, 0.29) is 13.4 Å². The predicted molar refractivity (Wildman–Crippen MR) is 546 cm³/mol. The molecule has 4 aliphatic rings. The quantitative estimate of drug-likeness (QED) is 0.113.